The number of ether oxygens (including phenoxy) is 1. The topological polar surface area (TPSA) is 58.6 Å². The van der Waals surface area contributed by atoms with Crippen LogP contribution in [-0.4, -0.2) is 18.4 Å². The third kappa shape index (κ3) is 3.14. The average Bonchev–Trinajstić information content (AvgIpc) is 3.19. The minimum absolute atomic E-state index is 0.106. The average molecular weight is 384 g/mol. The van der Waals surface area contributed by atoms with Crippen LogP contribution in [0.4, 0.5) is 5.69 Å². The molecule has 1 fully saturated rings. The minimum atomic E-state index is -0.305. The first kappa shape index (κ1) is 17.5. The molecule has 5 heteroatoms. The van der Waals surface area contributed by atoms with Gasteiger partial charge in [0.05, 0.1) is 6.04 Å². The van der Waals surface area contributed by atoms with E-state index >= 15 is 0 Å². The molecule has 0 aliphatic carbocycles. The zero-order valence-electron chi connectivity index (χ0n) is 15.8. The van der Waals surface area contributed by atoms with Gasteiger partial charge in [-0.1, -0.05) is 42.5 Å². The molecule has 2 heterocycles. The lowest BCUT2D eigenvalue weighted by molar-refractivity contribution is -0.117. The molecule has 29 heavy (non-hydrogen) atoms. The second-order valence-corrected chi connectivity index (χ2v) is 7.28. The van der Waals surface area contributed by atoms with E-state index in [2.05, 4.69) is 5.32 Å². The van der Waals surface area contributed by atoms with Gasteiger partial charge in [-0.3, -0.25) is 9.59 Å². The zero-order valence-corrected chi connectivity index (χ0v) is 15.8. The SMILES string of the molecule is O=C(NC1c2ccccc2Oc2ccccc21)c1cccc(N2CCCC2=O)c1. The number of amides is 2. The molecule has 2 aliphatic heterocycles. The molecule has 144 valence electrons. The standard InChI is InChI=1S/C24H20N2O3/c27-22-13-6-14-26(22)17-8-5-7-16(15-17)24(28)25-23-18-9-1-3-11-20(18)29-21-12-4-2-10-19(21)23/h1-5,7-12,15,23H,6,13-14H2,(H,25,28). The van der Waals surface area contributed by atoms with Crippen molar-refractivity contribution in [2.75, 3.05) is 11.4 Å². The van der Waals surface area contributed by atoms with Crippen molar-refractivity contribution in [3.05, 3.63) is 89.5 Å². The summed E-state index contributed by atoms with van der Waals surface area (Å²) in [4.78, 5) is 26.9. The Balaban J connectivity index is 1.47. The van der Waals surface area contributed by atoms with Gasteiger partial charge < -0.3 is 15.0 Å². The first-order chi connectivity index (χ1) is 14.2. The molecule has 2 amide bonds. The Kier molecular flexibility index (Phi) is 4.28. The maximum absolute atomic E-state index is 13.1. The summed E-state index contributed by atoms with van der Waals surface area (Å²) in [6.45, 7) is 0.699. The van der Waals surface area contributed by atoms with E-state index in [4.69, 9.17) is 4.74 Å². The number of hydrogen-bond acceptors (Lipinski definition) is 3. The fraction of sp³-hybridized carbons (Fsp3) is 0.167. The summed E-state index contributed by atoms with van der Waals surface area (Å²) in [7, 11) is 0. The number of nitrogens with zero attached hydrogens (tertiary/aromatic N) is 1. The number of fused-ring (bicyclic) bond motifs is 2. The van der Waals surface area contributed by atoms with Gasteiger partial charge >= 0.3 is 0 Å². The van der Waals surface area contributed by atoms with Crippen molar-refractivity contribution in [1.29, 1.82) is 0 Å². The highest BCUT2D eigenvalue weighted by Gasteiger charge is 2.29. The van der Waals surface area contributed by atoms with Gasteiger partial charge in [-0.15, -0.1) is 0 Å². The van der Waals surface area contributed by atoms with Crippen molar-refractivity contribution in [1.82, 2.24) is 5.32 Å². The van der Waals surface area contributed by atoms with Crippen molar-refractivity contribution >= 4 is 17.5 Å². The van der Waals surface area contributed by atoms with Crippen molar-refractivity contribution in [3.63, 3.8) is 0 Å². The van der Waals surface area contributed by atoms with E-state index in [1.807, 2.05) is 60.7 Å². The second-order valence-electron chi connectivity index (χ2n) is 7.28. The van der Waals surface area contributed by atoms with Crippen LogP contribution >= 0.6 is 0 Å². The second kappa shape index (κ2) is 7.09. The van der Waals surface area contributed by atoms with Crippen LogP contribution in [0.5, 0.6) is 11.5 Å². The summed E-state index contributed by atoms with van der Waals surface area (Å²) in [5.74, 6) is 1.41. The Morgan fingerprint density at radius 3 is 2.28 bits per heavy atom. The number of rotatable bonds is 3. The summed E-state index contributed by atoms with van der Waals surface area (Å²) in [5.41, 5.74) is 3.15. The largest absolute Gasteiger partial charge is 0.457 e. The molecular formula is C24H20N2O3. The van der Waals surface area contributed by atoms with Gasteiger partial charge in [-0.2, -0.15) is 0 Å². The van der Waals surface area contributed by atoms with E-state index in [0.717, 1.165) is 34.7 Å². The van der Waals surface area contributed by atoms with Crippen molar-refractivity contribution < 1.29 is 14.3 Å². The summed E-state index contributed by atoms with van der Waals surface area (Å²) in [6.07, 6.45) is 1.41. The summed E-state index contributed by atoms with van der Waals surface area (Å²) in [6, 6.07) is 22.4. The predicted molar refractivity (Wildman–Crippen MR) is 110 cm³/mol. The molecule has 3 aromatic carbocycles. The van der Waals surface area contributed by atoms with Crippen molar-refractivity contribution in [2.24, 2.45) is 0 Å². The van der Waals surface area contributed by atoms with Crippen LogP contribution in [0, 0.1) is 0 Å². The number of nitrogens with one attached hydrogen (secondary N) is 1. The lowest BCUT2D eigenvalue weighted by Gasteiger charge is -2.29. The molecule has 0 aromatic heterocycles. The van der Waals surface area contributed by atoms with E-state index in [-0.39, 0.29) is 17.9 Å². The van der Waals surface area contributed by atoms with Gasteiger partial charge in [0.15, 0.2) is 0 Å². The summed E-state index contributed by atoms with van der Waals surface area (Å²) >= 11 is 0. The van der Waals surface area contributed by atoms with Gasteiger partial charge in [0.2, 0.25) is 5.91 Å². The highest BCUT2D eigenvalue weighted by atomic mass is 16.5. The molecule has 3 aromatic rings. The van der Waals surface area contributed by atoms with Crippen molar-refractivity contribution in [2.45, 2.75) is 18.9 Å². The molecule has 1 saturated heterocycles. The summed E-state index contributed by atoms with van der Waals surface area (Å²) in [5, 5.41) is 3.15. The number of hydrogen-bond donors (Lipinski definition) is 1. The molecule has 0 unspecified atom stereocenters. The van der Waals surface area contributed by atoms with Crippen LogP contribution in [0.2, 0.25) is 0 Å². The van der Waals surface area contributed by atoms with Gasteiger partial charge in [0.25, 0.3) is 5.91 Å². The maximum Gasteiger partial charge on any atom is 0.252 e. The van der Waals surface area contributed by atoms with Crippen LogP contribution in [0.25, 0.3) is 0 Å². The molecular weight excluding hydrogens is 364 g/mol. The monoisotopic (exact) mass is 384 g/mol. The molecule has 0 radical (unpaired) electrons. The third-order valence-electron chi connectivity index (χ3n) is 5.45. The normalized spacial score (nSPS) is 15.4. The van der Waals surface area contributed by atoms with E-state index < -0.39 is 0 Å². The molecule has 0 spiro atoms. The lowest BCUT2D eigenvalue weighted by atomic mass is 9.94. The molecule has 0 bridgehead atoms. The number of carbonyl (C=O) groups is 2. The van der Waals surface area contributed by atoms with Crippen molar-refractivity contribution in [3.8, 4) is 11.5 Å². The van der Waals surface area contributed by atoms with Crippen LogP contribution < -0.4 is 15.0 Å². The fourth-order valence-electron chi connectivity index (χ4n) is 4.02. The van der Waals surface area contributed by atoms with Crippen LogP contribution in [0.1, 0.15) is 40.4 Å². The highest BCUT2D eigenvalue weighted by molar-refractivity contribution is 5.99. The highest BCUT2D eigenvalue weighted by Crippen LogP contribution is 2.42. The predicted octanol–water partition coefficient (Wildman–Crippen LogP) is 4.44. The first-order valence-electron chi connectivity index (χ1n) is 9.78. The lowest BCUT2D eigenvalue weighted by Crippen LogP contribution is -2.31. The Morgan fingerprint density at radius 1 is 0.931 bits per heavy atom. The van der Waals surface area contributed by atoms with Gasteiger partial charge in [-0.05, 0) is 36.8 Å². The minimum Gasteiger partial charge on any atom is -0.457 e. The molecule has 5 nitrogen and oxygen atoms in total. The molecule has 1 N–H and O–H groups in total. The summed E-state index contributed by atoms with van der Waals surface area (Å²) < 4.78 is 6.00. The van der Waals surface area contributed by atoms with Crippen LogP contribution in [0.3, 0.4) is 0 Å². The number of anilines is 1. The van der Waals surface area contributed by atoms with E-state index in [9.17, 15) is 9.59 Å². The Morgan fingerprint density at radius 2 is 1.62 bits per heavy atom. The van der Waals surface area contributed by atoms with Crippen LogP contribution in [-0.2, 0) is 4.79 Å². The van der Waals surface area contributed by atoms with Gasteiger partial charge in [-0.25, -0.2) is 0 Å². The Bertz CT molecular complexity index is 1060. The number of benzene rings is 3. The smallest absolute Gasteiger partial charge is 0.252 e. The maximum atomic E-state index is 13.1. The van der Waals surface area contributed by atoms with E-state index in [1.165, 1.54) is 0 Å². The molecule has 0 saturated carbocycles. The quantitative estimate of drug-likeness (QED) is 0.726. The Labute approximate surface area is 168 Å². The first-order valence-corrected chi connectivity index (χ1v) is 9.78. The van der Waals surface area contributed by atoms with Crippen LogP contribution in [0.15, 0.2) is 72.8 Å². The number of para-hydroxylation sites is 2. The number of carbonyl (C=O) groups excluding carboxylic acids is 2. The van der Waals surface area contributed by atoms with Gasteiger partial charge in [0.1, 0.15) is 11.5 Å². The van der Waals surface area contributed by atoms with E-state index in [0.29, 0.717) is 18.5 Å². The Hall–Kier alpha value is -3.60. The molecule has 2 aliphatic rings. The van der Waals surface area contributed by atoms with E-state index in [1.54, 1.807) is 17.0 Å². The fourth-order valence-corrected chi connectivity index (χ4v) is 4.02. The molecule has 0 atom stereocenters. The molecule has 5 rings (SSSR count). The zero-order chi connectivity index (χ0) is 19.8. The third-order valence-corrected chi connectivity index (χ3v) is 5.45. The van der Waals surface area contributed by atoms with Gasteiger partial charge in [0, 0.05) is 35.3 Å².